The molecule has 0 N–H and O–H groups in total. The fraction of sp³-hybridized carbons (Fsp3) is 1.00. The van der Waals surface area contributed by atoms with E-state index in [2.05, 4.69) is 6.92 Å². The largest absolute Gasteiger partial charge is 0.265 e. The summed E-state index contributed by atoms with van der Waals surface area (Å²) in [6.07, 6.45) is 0.700. The summed E-state index contributed by atoms with van der Waals surface area (Å²) in [5, 5.41) is 9.76. The van der Waals surface area contributed by atoms with Crippen molar-refractivity contribution in [3.05, 3.63) is 10.1 Å². The lowest BCUT2D eigenvalue weighted by molar-refractivity contribution is -0.479. The van der Waals surface area contributed by atoms with Gasteiger partial charge in [0.25, 0.3) is 0 Å². The van der Waals surface area contributed by atoms with E-state index < -0.39 is 0 Å². The Balaban J connectivity index is 2.83. The quantitative estimate of drug-likeness (QED) is 0.337. The summed E-state index contributed by atoms with van der Waals surface area (Å²) in [6, 6.07) is 0. The molecule has 0 aromatic carbocycles. The Kier molecular flexibility index (Phi) is 5.72. The Morgan fingerprint density at radius 1 is 1.67 bits per heavy atom. The first-order chi connectivity index (χ1) is 4.27. The molecule has 4 heteroatoms. The van der Waals surface area contributed by atoms with Gasteiger partial charge in [-0.3, -0.25) is 10.1 Å². The van der Waals surface area contributed by atoms with Gasteiger partial charge in [0, 0.05) is 11.3 Å². The molecule has 54 valence electrons. The second kappa shape index (κ2) is 5.88. The predicted molar refractivity (Wildman–Crippen MR) is 39.5 cm³/mol. The van der Waals surface area contributed by atoms with E-state index in [0.29, 0.717) is 6.42 Å². The van der Waals surface area contributed by atoms with Crippen molar-refractivity contribution >= 4 is 11.8 Å². The Morgan fingerprint density at radius 3 is 2.78 bits per heavy atom. The topological polar surface area (TPSA) is 43.1 Å². The van der Waals surface area contributed by atoms with Crippen LogP contribution >= 0.6 is 11.8 Å². The molecule has 0 bridgehead atoms. The molecular weight excluding hydrogens is 138 g/mol. The minimum Gasteiger partial charge on any atom is -0.265 e. The third-order valence-electron chi connectivity index (χ3n) is 0.833. The Hall–Kier alpha value is -0.250. The number of hydrogen-bond donors (Lipinski definition) is 0. The third-order valence-corrected chi connectivity index (χ3v) is 1.82. The molecular formula is C5H11NO2S. The second-order valence-corrected chi connectivity index (χ2v) is 3.00. The number of nitrogens with zero attached hydrogens (tertiary/aromatic N) is 1. The average molecular weight is 149 g/mol. The van der Waals surface area contributed by atoms with Crippen LogP contribution in [0.5, 0.6) is 0 Å². The molecule has 0 atom stereocenters. The number of nitro groups is 1. The van der Waals surface area contributed by atoms with Crippen LogP contribution in [0.4, 0.5) is 0 Å². The number of rotatable bonds is 5. The monoisotopic (exact) mass is 149 g/mol. The van der Waals surface area contributed by atoms with Crippen LogP contribution in [0.25, 0.3) is 0 Å². The van der Waals surface area contributed by atoms with Gasteiger partial charge in [-0.05, 0) is 11.5 Å². The van der Waals surface area contributed by atoms with E-state index in [1.807, 2.05) is 0 Å². The van der Waals surface area contributed by atoms with Gasteiger partial charge in [0.1, 0.15) is 0 Å². The summed E-state index contributed by atoms with van der Waals surface area (Å²) in [4.78, 5) is 9.49. The van der Waals surface area contributed by atoms with E-state index in [0.717, 1.165) is 11.5 Å². The summed E-state index contributed by atoms with van der Waals surface area (Å²) in [5.74, 6) is 1.97. The lowest BCUT2D eigenvalue weighted by Gasteiger charge is -1.92. The first-order valence-corrected chi connectivity index (χ1v) is 4.12. The smallest absolute Gasteiger partial charge is 0.204 e. The molecule has 0 fully saturated rings. The predicted octanol–water partition coefficient (Wildman–Crippen LogP) is 1.41. The first-order valence-electron chi connectivity index (χ1n) is 2.97. The average Bonchev–Trinajstić information content (AvgIpc) is 1.80. The van der Waals surface area contributed by atoms with Crippen molar-refractivity contribution < 1.29 is 4.92 Å². The van der Waals surface area contributed by atoms with Crippen molar-refractivity contribution in [2.45, 2.75) is 13.3 Å². The molecule has 0 aromatic rings. The SMILES string of the molecule is CCSCCC[N+](=O)[O-]. The van der Waals surface area contributed by atoms with Gasteiger partial charge in [0.05, 0.1) is 0 Å². The molecule has 3 nitrogen and oxygen atoms in total. The molecule has 0 radical (unpaired) electrons. The van der Waals surface area contributed by atoms with Crippen molar-refractivity contribution in [3.8, 4) is 0 Å². The zero-order chi connectivity index (χ0) is 7.11. The summed E-state index contributed by atoms with van der Waals surface area (Å²) < 4.78 is 0. The maximum absolute atomic E-state index is 9.76. The van der Waals surface area contributed by atoms with Gasteiger partial charge in [0.15, 0.2) is 0 Å². The van der Waals surface area contributed by atoms with Crippen LogP contribution in [-0.4, -0.2) is 23.0 Å². The molecule has 0 saturated carbocycles. The minimum absolute atomic E-state index is 0.118. The van der Waals surface area contributed by atoms with Crippen molar-refractivity contribution in [2.24, 2.45) is 0 Å². The number of thioether (sulfide) groups is 1. The highest BCUT2D eigenvalue weighted by Gasteiger charge is 1.94. The van der Waals surface area contributed by atoms with Crippen LogP contribution in [-0.2, 0) is 0 Å². The van der Waals surface area contributed by atoms with Crippen molar-refractivity contribution in [2.75, 3.05) is 18.1 Å². The van der Waals surface area contributed by atoms with Crippen LogP contribution in [0.2, 0.25) is 0 Å². The summed E-state index contributed by atoms with van der Waals surface area (Å²) in [6.45, 7) is 2.17. The lowest BCUT2D eigenvalue weighted by Crippen LogP contribution is -2.01. The third kappa shape index (κ3) is 7.75. The molecule has 0 aliphatic heterocycles. The van der Waals surface area contributed by atoms with Crippen molar-refractivity contribution in [3.63, 3.8) is 0 Å². The van der Waals surface area contributed by atoms with Crippen molar-refractivity contribution in [1.82, 2.24) is 0 Å². The maximum atomic E-state index is 9.76. The van der Waals surface area contributed by atoms with Gasteiger partial charge in [-0.15, -0.1) is 0 Å². The summed E-state index contributed by atoms with van der Waals surface area (Å²) in [5.41, 5.74) is 0. The molecule has 0 heterocycles. The standard InChI is InChI=1S/C5H11NO2S/c1-2-9-5-3-4-6(7)8/h2-5H2,1H3. The fourth-order valence-electron chi connectivity index (χ4n) is 0.440. The molecule has 9 heavy (non-hydrogen) atoms. The Morgan fingerprint density at radius 2 is 2.33 bits per heavy atom. The maximum Gasteiger partial charge on any atom is 0.204 e. The molecule has 0 amide bonds. The van der Waals surface area contributed by atoms with Crippen LogP contribution in [0.1, 0.15) is 13.3 Å². The van der Waals surface area contributed by atoms with Gasteiger partial charge in [-0.25, -0.2) is 0 Å². The fourth-order valence-corrected chi connectivity index (χ4v) is 1.06. The molecule has 0 saturated heterocycles. The van der Waals surface area contributed by atoms with Gasteiger partial charge >= 0.3 is 0 Å². The summed E-state index contributed by atoms with van der Waals surface area (Å²) in [7, 11) is 0. The van der Waals surface area contributed by atoms with Gasteiger partial charge in [-0.1, -0.05) is 6.92 Å². The molecule has 0 aliphatic rings. The Labute approximate surface area is 59.0 Å². The highest BCUT2D eigenvalue weighted by Crippen LogP contribution is 1.99. The zero-order valence-corrected chi connectivity index (χ0v) is 6.32. The van der Waals surface area contributed by atoms with Gasteiger partial charge < -0.3 is 0 Å². The van der Waals surface area contributed by atoms with Crippen molar-refractivity contribution in [1.29, 1.82) is 0 Å². The van der Waals surface area contributed by atoms with Crippen LogP contribution in [0.15, 0.2) is 0 Å². The second-order valence-electron chi connectivity index (χ2n) is 1.61. The molecule has 0 aliphatic carbocycles. The van der Waals surface area contributed by atoms with E-state index in [9.17, 15) is 10.1 Å². The van der Waals surface area contributed by atoms with E-state index in [4.69, 9.17) is 0 Å². The first kappa shape index (κ1) is 8.75. The van der Waals surface area contributed by atoms with Gasteiger partial charge in [-0.2, -0.15) is 11.8 Å². The molecule has 0 rings (SSSR count). The van der Waals surface area contributed by atoms with E-state index in [-0.39, 0.29) is 11.5 Å². The molecule has 0 unspecified atom stereocenters. The number of hydrogen-bond acceptors (Lipinski definition) is 3. The van der Waals surface area contributed by atoms with Crippen LogP contribution in [0.3, 0.4) is 0 Å². The zero-order valence-electron chi connectivity index (χ0n) is 5.50. The Bertz CT molecular complexity index is 87.0. The van der Waals surface area contributed by atoms with Crippen LogP contribution in [0, 0.1) is 10.1 Å². The van der Waals surface area contributed by atoms with E-state index >= 15 is 0 Å². The van der Waals surface area contributed by atoms with E-state index in [1.54, 1.807) is 11.8 Å². The normalized spacial score (nSPS) is 9.44. The minimum atomic E-state index is -0.268. The highest BCUT2D eigenvalue weighted by atomic mass is 32.2. The van der Waals surface area contributed by atoms with Gasteiger partial charge in [0.2, 0.25) is 6.54 Å². The molecule has 0 spiro atoms. The van der Waals surface area contributed by atoms with E-state index in [1.165, 1.54) is 0 Å². The van der Waals surface area contributed by atoms with Crippen LogP contribution < -0.4 is 0 Å². The molecule has 0 aromatic heterocycles. The lowest BCUT2D eigenvalue weighted by atomic mass is 10.5. The highest BCUT2D eigenvalue weighted by molar-refractivity contribution is 7.99. The summed E-state index contributed by atoms with van der Waals surface area (Å²) >= 11 is 1.75.